The maximum Gasteiger partial charge on any atom is 0.310 e. The third-order valence-corrected chi connectivity index (χ3v) is 6.63. The molecule has 0 radical (unpaired) electrons. The van der Waals surface area contributed by atoms with Gasteiger partial charge < -0.3 is 4.42 Å². The van der Waals surface area contributed by atoms with Crippen LogP contribution < -0.4 is 5.48 Å². The first kappa shape index (κ1) is 18.4. The monoisotopic (exact) mass is 398 g/mol. The van der Waals surface area contributed by atoms with Crippen molar-refractivity contribution in [3.63, 3.8) is 0 Å². The largest absolute Gasteiger partial charge is 0.454 e. The lowest BCUT2D eigenvalue weighted by atomic mass is 10.1. The fourth-order valence-corrected chi connectivity index (χ4v) is 4.66. The van der Waals surface area contributed by atoms with Crippen LogP contribution in [0.5, 0.6) is 0 Å². The highest BCUT2D eigenvalue weighted by Crippen LogP contribution is 2.28. The highest BCUT2D eigenvalue weighted by molar-refractivity contribution is 7.89. The van der Waals surface area contributed by atoms with Gasteiger partial charge in [-0.2, -0.15) is 4.31 Å². The Hall–Kier alpha value is -2.94. The van der Waals surface area contributed by atoms with Gasteiger partial charge in [-0.25, -0.2) is 13.9 Å². The molecule has 2 aromatic carbocycles. The molecule has 1 aliphatic heterocycles. The minimum absolute atomic E-state index is 0.0385. The number of nitrogens with zero attached hydrogens (tertiary/aromatic N) is 1. The van der Waals surface area contributed by atoms with Gasteiger partial charge in [0, 0.05) is 6.54 Å². The molecule has 0 bridgehead atoms. The molecule has 1 amide bonds. The first-order valence-corrected chi connectivity index (χ1v) is 10.1. The Morgan fingerprint density at radius 3 is 2.39 bits per heavy atom. The molecule has 0 atom stereocenters. The summed E-state index contributed by atoms with van der Waals surface area (Å²) in [5.74, 6) is -0.395. The van der Waals surface area contributed by atoms with E-state index >= 15 is 0 Å². The van der Waals surface area contributed by atoms with Crippen molar-refractivity contribution in [2.75, 3.05) is 6.54 Å². The van der Waals surface area contributed by atoms with E-state index < -0.39 is 15.9 Å². The van der Waals surface area contributed by atoms with Crippen molar-refractivity contribution >= 4 is 15.9 Å². The van der Waals surface area contributed by atoms with Gasteiger partial charge in [0.15, 0.2) is 5.76 Å². The number of rotatable bonds is 4. The van der Waals surface area contributed by atoms with Crippen LogP contribution in [0, 0.1) is 0 Å². The van der Waals surface area contributed by atoms with Gasteiger partial charge in [-0.05, 0) is 41.3 Å². The van der Waals surface area contributed by atoms with Crippen LogP contribution in [0.25, 0.3) is 11.1 Å². The molecule has 2 N–H and O–H groups in total. The average Bonchev–Trinajstić information content (AvgIpc) is 3.17. The zero-order chi connectivity index (χ0) is 19.7. The van der Waals surface area contributed by atoms with Crippen LogP contribution in [0.15, 0.2) is 70.0 Å². The molecular formula is C20H18N2O5S. The SMILES string of the molecule is O=C(NO)c1cc2c(o1)CN(S(=O)(=O)c1ccc(-c3ccccc3)cc1)CC2. The number of hydrogen-bond acceptors (Lipinski definition) is 5. The van der Waals surface area contributed by atoms with Crippen LogP contribution in [0.3, 0.4) is 0 Å². The first-order valence-electron chi connectivity index (χ1n) is 8.70. The molecular weight excluding hydrogens is 380 g/mol. The van der Waals surface area contributed by atoms with E-state index in [-0.39, 0.29) is 23.7 Å². The first-order chi connectivity index (χ1) is 13.5. The van der Waals surface area contributed by atoms with Gasteiger partial charge in [0.25, 0.3) is 0 Å². The topological polar surface area (TPSA) is 99.8 Å². The fraction of sp³-hybridized carbons (Fsp3) is 0.150. The summed E-state index contributed by atoms with van der Waals surface area (Å²) in [5.41, 5.74) is 4.23. The Labute approximate surface area is 162 Å². The molecule has 0 saturated carbocycles. The van der Waals surface area contributed by atoms with Crippen LogP contribution in [0.4, 0.5) is 0 Å². The third-order valence-electron chi connectivity index (χ3n) is 4.77. The van der Waals surface area contributed by atoms with Crippen LogP contribution in [0.1, 0.15) is 21.9 Å². The number of nitrogens with one attached hydrogen (secondary N) is 1. The minimum Gasteiger partial charge on any atom is -0.454 e. The molecule has 0 unspecified atom stereocenters. The van der Waals surface area contributed by atoms with E-state index in [1.807, 2.05) is 30.3 Å². The van der Waals surface area contributed by atoms with Crippen LogP contribution in [-0.4, -0.2) is 30.4 Å². The van der Waals surface area contributed by atoms with E-state index in [1.165, 1.54) is 15.9 Å². The van der Waals surface area contributed by atoms with Crippen molar-refractivity contribution in [3.8, 4) is 11.1 Å². The zero-order valence-corrected chi connectivity index (χ0v) is 15.6. The minimum atomic E-state index is -3.70. The second kappa shape index (κ2) is 7.23. The van der Waals surface area contributed by atoms with Crippen molar-refractivity contribution in [3.05, 3.63) is 77.7 Å². The molecule has 28 heavy (non-hydrogen) atoms. The van der Waals surface area contributed by atoms with Crippen LogP contribution in [-0.2, 0) is 23.0 Å². The fourth-order valence-electron chi connectivity index (χ4n) is 3.27. The molecule has 1 aliphatic rings. The molecule has 7 nitrogen and oxygen atoms in total. The summed E-state index contributed by atoms with van der Waals surface area (Å²) < 4.78 is 32.8. The molecule has 1 aromatic heterocycles. The number of amides is 1. The van der Waals surface area contributed by atoms with Gasteiger partial charge in [0.1, 0.15) is 5.76 Å². The van der Waals surface area contributed by atoms with E-state index in [4.69, 9.17) is 9.62 Å². The second-order valence-electron chi connectivity index (χ2n) is 6.48. The molecule has 0 spiro atoms. The van der Waals surface area contributed by atoms with Crippen LogP contribution >= 0.6 is 0 Å². The lowest BCUT2D eigenvalue weighted by molar-refractivity contribution is 0.0673. The summed E-state index contributed by atoms with van der Waals surface area (Å²) in [6.07, 6.45) is 0.429. The van der Waals surface area contributed by atoms with E-state index in [1.54, 1.807) is 24.3 Å². The van der Waals surface area contributed by atoms with Crippen molar-refractivity contribution in [2.24, 2.45) is 0 Å². The van der Waals surface area contributed by atoms with E-state index in [9.17, 15) is 13.2 Å². The normalized spacial score (nSPS) is 14.5. The zero-order valence-electron chi connectivity index (χ0n) is 14.8. The Bertz CT molecular complexity index is 1110. The number of fused-ring (bicyclic) bond motifs is 1. The molecule has 144 valence electrons. The maximum atomic E-state index is 13.0. The lowest BCUT2D eigenvalue weighted by Crippen LogP contribution is -2.35. The Kier molecular flexibility index (Phi) is 4.76. The summed E-state index contributed by atoms with van der Waals surface area (Å²) >= 11 is 0. The summed E-state index contributed by atoms with van der Waals surface area (Å²) in [4.78, 5) is 11.7. The number of hydroxylamine groups is 1. The van der Waals surface area contributed by atoms with Crippen molar-refractivity contribution in [2.45, 2.75) is 17.9 Å². The maximum absolute atomic E-state index is 13.0. The molecule has 2 heterocycles. The quantitative estimate of drug-likeness (QED) is 0.520. The van der Waals surface area contributed by atoms with Gasteiger partial charge in [-0.1, -0.05) is 42.5 Å². The molecule has 8 heteroatoms. The van der Waals surface area contributed by atoms with E-state index in [0.29, 0.717) is 12.2 Å². The van der Waals surface area contributed by atoms with Crippen molar-refractivity contribution < 1.29 is 22.8 Å². The number of benzene rings is 2. The van der Waals surface area contributed by atoms with Gasteiger partial charge in [-0.15, -0.1) is 0 Å². The summed E-state index contributed by atoms with van der Waals surface area (Å²) in [7, 11) is -3.70. The predicted molar refractivity (Wildman–Crippen MR) is 101 cm³/mol. The van der Waals surface area contributed by atoms with Crippen molar-refractivity contribution in [1.29, 1.82) is 0 Å². The lowest BCUT2D eigenvalue weighted by Gasteiger charge is -2.25. The summed E-state index contributed by atoms with van der Waals surface area (Å²) in [6.45, 7) is 0.326. The standard InChI is InChI=1S/C20H18N2O5S/c23-20(21-24)18-12-16-10-11-22(13-19(16)27-18)28(25,26)17-8-6-15(7-9-17)14-4-2-1-3-5-14/h1-9,12,24H,10-11,13H2,(H,21,23). The number of sulfonamides is 1. The summed E-state index contributed by atoms with van der Waals surface area (Å²) in [6, 6.07) is 18.0. The molecule has 0 aliphatic carbocycles. The average molecular weight is 398 g/mol. The van der Waals surface area contributed by atoms with Gasteiger partial charge in [0.2, 0.25) is 10.0 Å². The third kappa shape index (κ3) is 3.33. The van der Waals surface area contributed by atoms with E-state index in [0.717, 1.165) is 16.7 Å². The van der Waals surface area contributed by atoms with Gasteiger partial charge >= 0.3 is 5.91 Å². The second-order valence-corrected chi connectivity index (χ2v) is 8.42. The molecule has 4 rings (SSSR count). The van der Waals surface area contributed by atoms with Crippen molar-refractivity contribution in [1.82, 2.24) is 9.79 Å². The number of hydrogen-bond donors (Lipinski definition) is 2. The van der Waals surface area contributed by atoms with Gasteiger partial charge in [-0.3, -0.25) is 10.0 Å². The number of carbonyl (C=O) groups is 1. The van der Waals surface area contributed by atoms with Gasteiger partial charge in [0.05, 0.1) is 11.4 Å². The highest BCUT2D eigenvalue weighted by atomic mass is 32.2. The summed E-state index contributed by atoms with van der Waals surface area (Å²) in [5, 5.41) is 8.72. The molecule has 3 aromatic rings. The smallest absolute Gasteiger partial charge is 0.310 e. The van der Waals surface area contributed by atoms with Crippen LogP contribution in [0.2, 0.25) is 0 Å². The Morgan fingerprint density at radius 2 is 1.71 bits per heavy atom. The predicted octanol–water partition coefficient (Wildman–Crippen LogP) is 2.81. The van der Waals surface area contributed by atoms with E-state index in [2.05, 4.69) is 0 Å². The number of carbonyl (C=O) groups excluding carboxylic acids is 1. The Morgan fingerprint density at radius 1 is 1.04 bits per heavy atom. The molecule has 0 saturated heterocycles. The molecule has 0 fully saturated rings. The Balaban J connectivity index is 1.57. The number of furan rings is 1. The highest BCUT2D eigenvalue weighted by Gasteiger charge is 2.31.